The molecule has 32 heavy (non-hydrogen) atoms. The van der Waals surface area contributed by atoms with Crippen LogP contribution in [0.1, 0.15) is 55.0 Å². The van der Waals surface area contributed by atoms with Gasteiger partial charge >= 0.3 is 12.1 Å². The Labute approximate surface area is 188 Å². The van der Waals surface area contributed by atoms with Crippen LogP contribution in [-0.4, -0.2) is 23.8 Å². The molecule has 0 saturated heterocycles. The van der Waals surface area contributed by atoms with Gasteiger partial charge in [0.2, 0.25) is 0 Å². The molecular weight excluding hydrogens is 402 g/mol. The lowest BCUT2D eigenvalue weighted by Crippen LogP contribution is -2.34. The van der Waals surface area contributed by atoms with Gasteiger partial charge in [0.25, 0.3) is 0 Å². The predicted octanol–water partition coefficient (Wildman–Crippen LogP) is 5.65. The van der Waals surface area contributed by atoms with Gasteiger partial charge in [0, 0.05) is 5.92 Å². The first kappa shape index (κ1) is 21.6. The topological polar surface area (TPSA) is 75.6 Å². The number of amides is 1. The Morgan fingerprint density at radius 2 is 1.44 bits per heavy atom. The molecular formula is C27H27NO4. The average molecular weight is 430 g/mol. The van der Waals surface area contributed by atoms with Gasteiger partial charge in [-0.25, -0.2) is 9.59 Å². The zero-order chi connectivity index (χ0) is 22.9. The van der Waals surface area contributed by atoms with E-state index in [2.05, 4.69) is 38.2 Å². The summed E-state index contributed by atoms with van der Waals surface area (Å²) in [5, 5.41) is 12.2. The van der Waals surface area contributed by atoms with Crippen molar-refractivity contribution < 1.29 is 19.4 Å². The van der Waals surface area contributed by atoms with Crippen molar-refractivity contribution in [3.8, 4) is 11.1 Å². The second-order valence-corrected chi connectivity index (χ2v) is 9.11. The average Bonchev–Trinajstić information content (AvgIpc) is 3.09. The quantitative estimate of drug-likeness (QED) is 0.550. The van der Waals surface area contributed by atoms with E-state index < -0.39 is 18.1 Å². The molecule has 0 aromatic heterocycles. The van der Waals surface area contributed by atoms with E-state index in [9.17, 15) is 14.7 Å². The first-order valence-corrected chi connectivity index (χ1v) is 10.7. The predicted molar refractivity (Wildman–Crippen MR) is 124 cm³/mol. The summed E-state index contributed by atoms with van der Waals surface area (Å²) in [6.07, 6.45) is -0.751. The van der Waals surface area contributed by atoms with Gasteiger partial charge in [-0.1, -0.05) is 93.6 Å². The molecule has 0 bridgehead atoms. The molecule has 1 aliphatic carbocycles. The van der Waals surface area contributed by atoms with Crippen molar-refractivity contribution in [3.05, 3.63) is 95.1 Å². The van der Waals surface area contributed by atoms with Gasteiger partial charge in [-0.2, -0.15) is 0 Å². The first-order chi connectivity index (χ1) is 15.3. The SMILES string of the molecule is CC(C)(C)c1ccc(C(NC(=O)OCC2c3ccccc3-c3ccccc32)C(=O)O)cc1. The molecule has 3 aromatic rings. The summed E-state index contributed by atoms with van der Waals surface area (Å²) in [4.78, 5) is 24.4. The third-order valence-corrected chi connectivity index (χ3v) is 5.96. The molecule has 0 saturated carbocycles. The van der Waals surface area contributed by atoms with Crippen LogP contribution in [0.2, 0.25) is 0 Å². The normalized spacial score (nSPS) is 13.7. The Kier molecular flexibility index (Phi) is 5.74. The Hall–Kier alpha value is -3.60. The zero-order valence-electron chi connectivity index (χ0n) is 18.5. The molecule has 0 radical (unpaired) electrons. The fourth-order valence-electron chi connectivity index (χ4n) is 4.22. The molecule has 5 heteroatoms. The number of nitrogens with one attached hydrogen (secondary N) is 1. The van der Waals surface area contributed by atoms with E-state index in [-0.39, 0.29) is 17.9 Å². The number of carboxylic acid groups (broad SMARTS) is 1. The molecule has 2 N–H and O–H groups in total. The third kappa shape index (κ3) is 4.24. The van der Waals surface area contributed by atoms with E-state index in [4.69, 9.17) is 4.74 Å². The first-order valence-electron chi connectivity index (χ1n) is 10.7. The molecule has 0 fully saturated rings. The van der Waals surface area contributed by atoms with Crippen molar-refractivity contribution in [1.82, 2.24) is 5.32 Å². The van der Waals surface area contributed by atoms with Gasteiger partial charge in [0.15, 0.2) is 6.04 Å². The van der Waals surface area contributed by atoms with Crippen molar-refractivity contribution in [3.63, 3.8) is 0 Å². The highest BCUT2D eigenvalue weighted by molar-refractivity contribution is 5.82. The highest BCUT2D eigenvalue weighted by Gasteiger charge is 2.30. The summed E-state index contributed by atoms with van der Waals surface area (Å²) in [5.74, 6) is -1.22. The van der Waals surface area contributed by atoms with Crippen LogP contribution in [0.3, 0.4) is 0 Å². The summed E-state index contributed by atoms with van der Waals surface area (Å²) in [6.45, 7) is 6.40. The Balaban J connectivity index is 1.47. The zero-order valence-corrected chi connectivity index (χ0v) is 18.5. The molecule has 3 aromatic carbocycles. The van der Waals surface area contributed by atoms with Crippen LogP contribution in [-0.2, 0) is 14.9 Å². The fraction of sp³-hybridized carbons (Fsp3) is 0.259. The molecule has 0 heterocycles. The van der Waals surface area contributed by atoms with Crippen molar-refractivity contribution in [2.24, 2.45) is 0 Å². The summed E-state index contributed by atoms with van der Waals surface area (Å²) in [6, 6.07) is 22.2. The van der Waals surface area contributed by atoms with Crippen molar-refractivity contribution >= 4 is 12.1 Å². The van der Waals surface area contributed by atoms with Crippen LogP contribution < -0.4 is 5.32 Å². The maximum absolute atomic E-state index is 12.5. The second kappa shape index (κ2) is 8.50. The Bertz CT molecular complexity index is 1100. The number of hydrogen-bond acceptors (Lipinski definition) is 3. The van der Waals surface area contributed by atoms with E-state index in [1.807, 2.05) is 48.5 Å². The van der Waals surface area contributed by atoms with Crippen LogP contribution >= 0.6 is 0 Å². The van der Waals surface area contributed by atoms with E-state index >= 15 is 0 Å². The molecule has 164 valence electrons. The molecule has 5 nitrogen and oxygen atoms in total. The number of benzene rings is 3. The van der Waals surface area contributed by atoms with E-state index in [0.29, 0.717) is 5.56 Å². The summed E-state index contributed by atoms with van der Waals surface area (Å²) in [7, 11) is 0. The number of carbonyl (C=O) groups is 2. The van der Waals surface area contributed by atoms with Crippen molar-refractivity contribution in [1.29, 1.82) is 0 Å². The van der Waals surface area contributed by atoms with Crippen LogP contribution in [0, 0.1) is 0 Å². The number of rotatable bonds is 5. The number of aliphatic carboxylic acids is 1. The lowest BCUT2D eigenvalue weighted by atomic mass is 9.86. The molecule has 0 aliphatic heterocycles. The number of ether oxygens (including phenoxy) is 1. The lowest BCUT2D eigenvalue weighted by molar-refractivity contribution is -0.139. The number of fused-ring (bicyclic) bond motifs is 3. The molecule has 0 spiro atoms. The van der Waals surface area contributed by atoms with E-state index in [0.717, 1.165) is 27.8 Å². The summed E-state index contributed by atoms with van der Waals surface area (Å²) < 4.78 is 5.51. The van der Waals surface area contributed by atoms with Crippen LogP contribution in [0.4, 0.5) is 4.79 Å². The minimum absolute atomic E-state index is 0.0442. The van der Waals surface area contributed by atoms with Crippen LogP contribution in [0.25, 0.3) is 11.1 Å². The van der Waals surface area contributed by atoms with Gasteiger partial charge in [0.05, 0.1) is 0 Å². The molecule has 1 atom stereocenters. The Morgan fingerprint density at radius 1 is 0.906 bits per heavy atom. The maximum atomic E-state index is 12.5. The highest BCUT2D eigenvalue weighted by atomic mass is 16.5. The van der Waals surface area contributed by atoms with Gasteiger partial charge < -0.3 is 15.2 Å². The van der Waals surface area contributed by atoms with Gasteiger partial charge in [-0.05, 0) is 38.8 Å². The second-order valence-electron chi connectivity index (χ2n) is 9.11. The standard InChI is InChI=1S/C27H27NO4/c1-27(2,3)18-14-12-17(13-15-18)24(25(29)30)28-26(31)32-16-23-21-10-6-4-8-19(21)20-9-5-7-11-22(20)23/h4-15,23-24H,16H2,1-3H3,(H,28,31)(H,29,30). The number of alkyl carbamates (subject to hydrolysis) is 1. The number of carbonyl (C=O) groups excluding carboxylic acids is 1. The van der Waals surface area contributed by atoms with E-state index in [1.54, 1.807) is 12.1 Å². The lowest BCUT2D eigenvalue weighted by Gasteiger charge is -2.21. The van der Waals surface area contributed by atoms with Crippen LogP contribution in [0.5, 0.6) is 0 Å². The van der Waals surface area contributed by atoms with Crippen molar-refractivity contribution in [2.45, 2.75) is 38.1 Å². The number of carboxylic acids is 1. The molecule has 1 amide bonds. The maximum Gasteiger partial charge on any atom is 0.408 e. The highest BCUT2D eigenvalue weighted by Crippen LogP contribution is 2.44. The third-order valence-electron chi connectivity index (χ3n) is 5.96. The van der Waals surface area contributed by atoms with Crippen LogP contribution in [0.15, 0.2) is 72.8 Å². The molecule has 1 unspecified atom stereocenters. The minimum atomic E-state index is -1.18. The molecule has 1 aliphatic rings. The van der Waals surface area contributed by atoms with Gasteiger partial charge in [-0.3, -0.25) is 0 Å². The van der Waals surface area contributed by atoms with Gasteiger partial charge in [0.1, 0.15) is 6.61 Å². The van der Waals surface area contributed by atoms with Gasteiger partial charge in [-0.15, -0.1) is 0 Å². The minimum Gasteiger partial charge on any atom is -0.479 e. The smallest absolute Gasteiger partial charge is 0.408 e. The fourth-order valence-corrected chi connectivity index (χ4v) is 4.22. The van der Waals surface area contributed by atoms with Crippen molar-refractivity contribution in [2.75, 3.05) is 6.61 Å². The summed E-state index contributed by atoms with van der Waals surface area (Å²) in [5.41, 5.74) is 6.03. The molecule has 4 rings (SSSR count). The van der Waals surface area contributed by atoms with E-state index in [1.165, 1.54) is 0 Å². The Morgan fingerprint density at radius 3 is 1.94 bits per heavy atom. The monoisotopic (exact) mass is 429 g/mol. The number of hydrogen-bond donors (Lipinski definition) is 2. The largest absolute Gasteiger partial charge is 0.479 e. The summed E-state index contributed by atoms with van der Waals surface area (Å²) >= 11 is 0.